The van der Waals surface area contributed by atoms with Crippen LogP contribution >= 0.6 is 23.4 Å². The standard InChI is InChI=1S/C18H13ClN2O4S/c19-12-4-2-5-13(9-12)20-16(22)10-25-14-6-1-3-11(7-14)8-15-17(23)21-18(24)26-15/h1-9H,10H2,(H,20,22)(H,21,23,24)/b15-8-. The predicted molar refractivity (Wildman–Crippen MR) is 101 cm³/mol. The van der Waals surface area contributed by atoms with E-state index in [1.807, 2.05) is 0 Å². The SMILES string of the molecule is O=C(COc1cccc(/C=C2\SC(=O)NC2=O)c1)Nc1cccc(Cl)c1. The molecule has 0 unspecified atom stereocenters. The minimum atomic E-state index is -0.424. The monoisotopic (exact) mass is 388 g/mol. The second-order valence-corrected chi connectivity index (χ2v) is 6.72. The molecular weight excluding hydrogens is 376 g/mol. The van der Waals surface area contributed by atoms with Crippen LogP contribution in [-0.2, 0) is 9.59 Å². The van der Waals surface area contributed by atoms with Gasteiger partial charge in [0.25, 0.3) is 17.1 Å². The fourth-order valence-corrected chi connectivity index (χ4v) is 3.05. The van der Waals surface area contributed by atoms with E-state index in [0.717, 1.165) is 11.8 Å². The summed E-state index contributed by atoms with van der Waals surface area (Å²) in [4.78, 5) is 35.0. The average Bonchev–Trinajstić information content (AvgIpc) is 2.91. The second-order valence-electron chi connectivity index (χ2n) is 5.27. The summed E-state index contributed by atoms with van der Waals surface area (Å²) in [5, 5.41) is 5.00. The topological polar surface area (TPSA) is 84.5 Å². The molecule has 132 valence electrons. The van der Waals surface area contributed by atoms with Crippen molar-refractivity contribution in [1.82, 2.24) is 5.32 Å². The van der Waals surface area contributed by atoms with Gasteiger partial charge in [0.1, 0.15) is 5.75 Å². The first-order valence-electron chi connectivity index (χ1n) is 7.53. The van der Waals surface area contributed by atoms with E-state index in [1.54, 1.807) is 54.6 Å². The minimum Gasteiger partial charge on any atom is -0.484 e. The van der Waals surface area contributed by atoms with Crippen LogP contribution in [0.25, 0.3) is 6.08 Å². The number of anilines is 1. The molecule has 2 N–H and O–H groups in total. The van der Waals surface area contributed by atoms with Crippen LogP contribution in [0.15, 0.2) is 53.4 Å². The first kappa shape index (κ1) is 18.0. The summed E-state index contributed by atoms with van der Waals surface area (Å²) in [6, 6.07) is 13.7. The summed E-state index contributed by atoms with van der Waals surface area (Å²) < 4.78 is 5.47. The molecule has 6 nitrogen and oxygen atoms in total. The molecule has 0 radical (unpaired) electrons. The van der Waals surface area contributed by atoms with E-state index >= 15 is 0 Å². The number of amides is 3. The Morgan fingerprint density at radius 3 is 2.73 bits per heavy atom. The third kappa shape index (κ3) is 4.87. The highest BCUT2D eigenvalue weighted by Gasteiger charge is 2.24. The maximum atomic E-state index is 12.0. The Morgan fingerprint density at radius 1 is 1.19 bits per heavy atom. The average molecular weight is 389 g/mol. The van der Waals surface area contributed by atoms with Crippen molar-refractivity contribution in [2.24, 2.45) is 0 Å². The van der Waals surface area contributed by atoms with Crippen LogP contribution in [0.5, 0.6) is 5.75 Å². The van der Waals surface area contributed by atoms with Crippen LogP contribution in [0, 0.1) is 0 Å². The van der Waals surface area contributed by atoms with E-state index in [-0.39, 0.29) is 12.5 Å². The molecule has 3 rings (SSSR count). The number of rotatable bonds is 5. The van der Waals surface area contributed by atoms with Gasteiger partial charge in [-0.05, 0) is 53.7 Å². The molecule has 1 heterocycles. The largest absolute Gasteiger partial charge is 0.484 e. The van der Waals surface area contributed by atoms with E-state index in [2.05, 4.69) is 10.6 Å². The summed E-state index contributed by atoms with van der Waals surface area (Å²) in [6.45, 7) is -0.180. The lowest BCUT2D eigenvalue weighted by Crippen LogP contribution is -2.20. The van der Waals surface area contributed by atoms with E-state index < -0.39 is 11.1 Å². The van der Waals surface area contributed by atoms with Crippen molar-refractivity contribution in [3.8, 4) is 5.75 Å². The van der Waals surface area contributed by atoms with Gasteiger partial charge >= 0.3 is 0 Å². The molecular formula is C18H13ClN2O4S. The van der Waals surface area contributed by atoms with E-state index in [1.165, 1.54) is 0 Å². The zero-order chi connectivity index (χ0) is 18.5. The van der Waals surface area contributed by atoms with Crippen molar-refractivity contribution in [2.75, 3.05) is 11.9 Å². The van der Waals surface area contributed by atoms with Gasteiger partial charge in [0.05, 0.1) is 4.91 Å². The Bertz CT molecular complexity index is 914. The van der Waals surface area contributed by atoms with Gasteiger partial charge in [-0.15, -0.1) is 0 Å². The van der Waals surface area contributed by atoms with Crippen molar-refractivity contribution >= 4 is 52.2 Å². The number of ether oxygens (including phenoxy) is 1. The minimum absolute atomic E-state index is 0.180. The highest BCUT2D eigenvalue weighted by atomic mass is 35.5. The molecule has 0 aliphatic carbocycles. The van der Waals surface area contributed by atoms with Gasteiger partial charge < -0.3 is 10.1 Å². The number of hydrogen-bond acceptors (Lipinski definition) is 5. The quantitative estimate of drug-likeness (QED) is 0.763. The molecule has 1 aliphatic heterocycles. The van der Waals surface area contributed by atoms with E-state index in [9.17, 15) is 14.4 Å². The molecule has 0 aromatic heterocycles. The van der Waals surface area contributed by atoms with Gasteiger partial charge in [0, 0.05) is 10.7 Å². The first-order valence-corrected chi connectivity index (χ1v) is 8.72. The van der Waals surface area contributed by atoms with Gasteiger partial charge in [-0.2, -0.15) is 0 Å². The van der Waals surface area contributed by atoms with Crippen molar-refractivity contribution in [3.63, 3.8) is 0 Å². The van der Waals surface area contributed by atoms with Crippen LogP contribution < -0.4 is 15.4 Å². The summed E-state index contributed by atoms with van der Waals surface area (Å²) >= 11 is 6.71. The molecule has 26 heavy (non-hydrogen) atoms. The smallest absolute Gasteiger partial charge is 0.290 e. The maximum Gasteiger partial charge on any atom is 0.290 e. The van der Waals surface area contributed by atoms with E-state index in [0.29, 0.717) is 26.9 Å². The van der Waals surface area contributed by atoms with Crippen molar-refractivity contribution in [1.29, 1.82) is 0 Å². The Morgan fingerprint density at radius 2 is 2.00 bits per heavy atom. The normalized spacial score (nSPS) is 15.0. The summed E-state index contributed by atoms with van der Waals surface area (Å²) in [7, 11) is 0. The Labute approximate surface area is 158 Å². The predicted octanol–water partition coefficient (Wildman–Crippen LogP) is 3.68. The van der Waals surface area contributed by atoms with E-state index in [4.69, 9.17) is 16.3 Å². The maximum absolute atomic E-state index is 12.0. The number of hydrogen-bond donors (Lipinski definition) is 2. The fourth-order valence-electron chi connectivity index (χ4n) is 2.18. The Balaban J connectivity index is 1.60. The molecule has 1 saturated heterocycles. The molecule has 0 bridgehead atoms. The zero-order valence-corrected chi connectivity index (χ0v) is 14.9. The fraction of sp³-hybridized carbons (Fsp3) is 0.0556. The van der Waals surface area contributed by atoms with Gasteiger partial charge in [0.2, 0.25) is 0 Å². The molecule has 3 amide bonds. The first-order chi connectivity index (χ1) is 12.5. The number of halogens is 1. The third-order valence-electron chi connectivity index (χ3n) is 3.28. The molecule has 2 aromatic carbocycles. The van der Waals surface area contributed by atoms with Crippen molar-refractivity contribution < 1.29 is 19.1 Å². The lowest BCUT2D eigenvalue weighted by Gasteiger charge is -2.08. The highest BCUT2D eigenvalue weighted by Crippen LogP contribution is 2.26. The number of benzene rings is 2. The number of nitrogens with one attached hydrogen (secondary N) is 2. The Kier molecular flexibility index (Phi) is 5.60. The summed E-state index contributed by atoms with van der Waals surface area (Å²) in [6.07, 6.45) is 1.59. The van der Waals surface area contributed by atoms with Crippen LogP contribution in [-0.4, -0.2) is 23.7 Å². The number of carbonyl (C=O) groups is 3. The van der Waals surface area contributed by atoms with Crippen molar-refractivity contribution in [3.05, 3.63) is 64.0 Å². The van der Waals surface area contributed by atoms with Gasteiger partial charge in [-0.3, -0.25) is 19.7 Å². The van der Waals surface area contributed by atoms with Crippen LogP contribution in [0.3, 0.4) is 0 Å². The van der Waals surface area contributed by atoms with Crippen molar-refractivity contribution in [2.45, 2.75) is 0 Å². The highest BCUT2D eigenvalue weighted by molar-refractivity contribution is 8.18. The number of carbonyl (C=O) groups excluding carboxylic acids is 3. The van der Waals surface area contributed by atoms with Gasteiger partial charge in [-0.25, -0.2) is 0 Å². The zero-order valence-electron chi connectivity index (χ0n) is 13.3. The molecule has 0 saturated carbocycles. The lowest BCUT2D eigenvalue weighted by molar-refractivity contribution is -0.118. The number of thioether (sulfide) groups is 1. The van der Waals surface area contributed by atoms with Crippen LogP contribution in [0.4, 0.5) is 10.5 Å². The molecule has 0 atom stereocenters. The van der Waals surface area contributed by atoms with Gasteiger partial charge in [0.15, 0.2) is 6.61 Å². The molecule has 0 spiro atoms. The summed E-state index contributed by atoms with van der Waals surface area (Å²) in [5.41, 5.74) is 1.27. The second kappa shape index (κ2) is 8.07. The lowest BCUT2D eigenvalue weighted by atomic mass is 10.2. The third-order valence-corrected chi connectivity index (χ3v) is 4.32. The van der Waals surface area contributed by atoms with Crippen LogP contribution in [0.2, 0.25) is 5.02 Å². The molecule has 8 heteroatoms. The molecule has 1 aliphatic rings. The molecule has 1 fully saturated rings. The number of imide groups is 1. The van der Waals surface area contributed by atoms with Crippen LogP contribution in [0.1, 0.15) is 5.56 Å². The molecule has 2 aromatic rings. The Hall–Kier alpha value is -2.77. The van der Waals surface area contributed by atoms with Gasteiger partial charge in [-0.1, -0.05) is 29.8 Å². The summed E-state index contributed by atoms with van der Waals surface area (Å²) in [5.74, 6) is -0.283.